The monoisotopic (exact) mass is 291 g/mol. The van der Waals surface area contributed by atoms with E-state index in [0.29, 0.717) is 13.1 Å². The first-order valence-electron chi connectivity index (χ1n) is 5.81. The summed E-state index contributed by atoms with van der Waals surface area (Å²) in [5.41, 5.74) is 0. The standard InChI is InChI=1S/C10H14ClN3O3S/c1-13-6-12-10(9(13)11)18(15,16)14-4-7-2-3-8(5-14)17-7/h6-8H,2-5H2,1H3. The van der Waals surface area contributed by atoms with Crippen molar-refractivity contribution < 1.29 is 13.2 Å². The summed E-state index contributed by atoms with van der Waals surface area (Å²) in [5.74, 6) is 0. The summed E-state index contributed by atoms with van der Waals surface area (Å²) in [6.45, 7) is 0.789. The zero-order valence-electron chi connectivity index (χ0n) is 9.91. The van der Waals surface area contributed by atoms with Crippen LogP contribution in [-0.2, 0) is 21.8 Å². The van der Waals surface area contributed by atoms with E-state index < -0.39 is 10.0 Å². The van der Waals surface area contributed by atoms with Crippen molar-refractivity contribution in [3.63, 3.8) is 0 Å². The Morgan fingerprint density at radius 1 is 1.39 bits per heavy atom. The highest BCUT2D eigenvalue weighted by atomic mass is 35.5. The molecule has 0 aromatic carbocycles. The number of halogens is 1. The van der Waals surface area contributed by atoms with Gasteiger partial charge in [-0.3, -0.25) is 0 Å². The van der Waals surface area contributed by atoms with Gasteiger partial charge in [-0.2, -0.15) is 4.31 Å². The Morgan fingerprint density at radius 3 is 2.50 bits per heavy atom. The van der Waals surface area contributed by atoms with Crippen LogP contribution >= 0.6 is 11.6 Å². The van der Waals surface area contributed by atoms with Crippen LogP contribution in [0.25, 0.3) is 0 Å². The van der Waals surface area contributed by atoms with Gasteiger partial charge < -0.3 is 9.30 Å². The van der Waals surface area contributed by atoms with E-state index in [1.807, 2.05) is 0 Å². The third kappa shape index (κ3) is 1.85. The molecular weight excluding hydrogens is 278 g/mol. The highest BCUT2D eigenvalue weighted by Gasteiger charge is 2.40. The van der Waals surface area contributed by atoms with Crippen LogP contribution in [0.1, 0.15) is 12.8 Å². The zero-order chi connectivity index (χ0) is 12.9. The number of imidazole rings is 1. The van der Waals surface area contributed by atoms with E-state index in [9.17, 15) is 8.42 Å². The molecule has 6 nitrogen and oxygen atoms in total. The topological polar surface area (TPSA) is 64.4 Å². The van der Waals surface area contributed by atoms with Crippen molar-refractivity contribution in [2.45, 2.75) is 30.1 Å². The van der Waals surface area contributed by atoms with Crippen LogP contribution < -0.4 is 0 Å². The molecule has 1 aromatic heterocycles. The normalized spacial score (nSPS) is 28.8. The minimum atomic E-state index is -3.61. The fourth-order valence-electron chi connectivity index (χ4n) is 2.46. The Bertz CT molecular complexity index is 559. The average Bonchev–Trinajstić information content (AvgIpc) is 2.83. The van der Waals surface area contributed by atoms with Gasteiger partial charge in [-0.05, 0) is 12.8 Å². The third-order valence-corrected chi connectivity index (χ3v) is 5.75. The van der Waals surface area contributed by atoms with Crippen LogP contribution in [0.4, 0.5) is 0 Å². The summed E-state index contributed by atoms with van der Waals surface area (Å²) < 4.78 is 33.5. The van der Waals surface area contributed by atoms with Crippen molar-refractivity contribution in [1.29, 1.82) is 0 Å². The highest BCUT2D eigenvalue weighted by Crippen LogP contribution is 2.31. The number of morpholine rings is 1. The van der Waals surface area contributed by atoms with Crippen molar-refractivity contribution in [2.75, 3.05) is 13.1 Å². The van der Waals surface area contributed by atoms with Gasteiger partial charge >= 0.3 is 0 Å². The minimum absolute atomic E-state index is 0.0148. The quantitative estimate of drug-likeness (QED) is 0.801. The summed E-state index contributed by atoms with van der Waals surface area (Å²) in [6.07, 6.45) is 3.28. The maximum atomic E-state index is 12.5. The molecule has 2 aliphatic rings. The van der Waals surface area contributed by atoms with E-state index in [1.165, 1.54) is 15.2 Å². The lowest BCUT2D eigenvalue weighted by Gasteiger charge is -2.30. The molecule has 18 heavy (non-hydrogen) atoms. The van der Waals surface area contributed by atoms with Crippen LogP contribution in [0.5, 0.6) is 0 Å². The van der Waals surface area contributed by atoms with Gasteiger partial charge in [-0.25, -0.2) is 13.4 Å². The van der Waals surface area contributed by atoms with E-state index in [1.54, 1.807) is 7.05 Å². The molecule has 3 rings (SSSR count). The molecule has 2 unspecified atom stereocenters. The van der Waals surface area contributed by atoms with Crippen LogP contribution in [0.3, 0.4) is 0 Å². The fraction of sp³-hybridized carbons (Fsp3) is 0.700. The summed E-state index contributed by atoms with van der Waals surface area (Å²) in [4.78, 5) is 3.89. The van der Waals surface area contributed by atoms with Crippen LogP contribution in [-0.4, -0.2) is 47.6 Å². The van der Waals surface area contributed by atoms with Gasteiger partial charge in [0, 0.05) is 20.1 Å². The molecule has 0 N–H and O–H groups in total. The molecule has 3 heterocycles. The Labute approximate surface area is 111 Å². The van der Waals surface area contributed by atoms with Gasteiger partial charge in [0.2, 0.25) is 5.03 Å². The molecule has 0 amide bonds. The summed E-state index contributed by atoms with van der Waals surface area (Å²) >= 11 is 5.96. The van der Waals surface area contributed by atoms with Crippen LogP contribution in [0.2, 0.25) is 5.15 Å². The summed E-state index contributed by atoms with van der Waals surface area (Å²) in [6, 6.07) is 0. The van der Waals surface area contributed by atoms with Gasteiger partial charge in [-0.1, -0.05) is 11.6 Å². The van der Waals surface area contributed by atoms with Crippen LogP contribution in [0, 0.1) is 0 Å². The fourth-order valence-corrected chi connectivity index (χ4v) is 4.35. The van der Waals surface area contributed by atoms with E-state index in [0.717, 1.165) is 12.8 Å². The second-order valence-corrected chi connectivity index (χ2v) is 6.94. The van der Waals surface area contributed by atoms with Gasteiger partial charge in [-0.15, -0.1) is 0 Å². The Balaban J connectivity index is 1.93. The number of ether oxygens (including phenoxy) is 1. The number of aryl methyl sites for hydroxylation is 1. The lowest BCUT2D eigenvalue weighted by atomic mass is 10.2. The zero-order valence-corrected chi connectivity index (χ0v) is 11.5. The Hall–Kier alpha value is -0.630. The predicted octanol–water partition coefficient (Wildman–Crippen LogP) is 0.625. The number of hydrogen-bond acceptors (Lipinski definition) is 4. The number of hydrogen-bond donors (Lipinski definition) is 0. The second-order valence-electron chi connectivity index (χ2n) is 4.73. The van der Waals surface area contributed by atoms with Crippen molar-refractivity contribution in [2.24, 2.45) is 7.05 Å². The summed E-state index contributed by atoms with van der Waals surface area (Å²) in [7, 11) is -1.94. The Morgan fingerprint density at radius 2 is 2.00 bits per heavy atom. The lowest BCUT2D eigenvalue weighted by molar-refractivity contribution is -0.0115. The maximum Gasteiger partial charge on any atom is 0.263 e. The van der Waals surface area contributed by atoms with Crippen molar-refractivity contribution >= 4 is 21.6 Å². The SMILES string of the molecule is Cn1cnc(S(=O)(=O)N2CC3CCC(C2)O3)c1Cl. The molecule has 2 fully saturated rings. The van der Waals surface area contributed by atoms with Gasteiger partial charge in [0.1, 0.15) is 5.15 Å². The first-order chi connectivity index (χ1) is 8.48. The number of aromatic nitrogens is 2. The Kier molecular flexibility index (Phi) is 2.89. The van der Waals surface area contributed by atoms with Gasteiger partial charge in [0.15, 0.2) is 0 Å². The first-order valence-corrected chi connectivity index (χ1v) is 7.62. The molecule has 0 radical (unpaired) electrons. The van der Waals surface area contributed by atoms with Crippen molar-refractivity contribution in [3.8, 4) is 0 Å². The third-order valence-electron chi connectivity index (χ3n) is 3.43. The number of rotatable bonds is 2. The molecule has 100 valence electrons. The molecule has 2 aliphatic heterocycles. The lowest BCUT2D eigenvalue weighted by Crippen LogP contribution is -2.45. The van der Waals surface area contributed by atoms with E-state index in [4.69, 9.17) is 16.3 Å². The summed E-state index contributed by atoms with van der Waals surface area (Å²) in [5, 5.41) is 0.0850. The molecule has 1 aromatic rings. The molecule has 2 saturated heterocycles. The van der Waals surface area contributed by atoms with Crippen molar-refractivity contribution in [3.05, 3.63) is 11.5 Å². The van der Waals surface area contributed by atoms with E-state index in [-0.39, 0.29) is 22.4 Å². The molecule has 8 heteroatoms. The van der Waals surface area contributed by atoms with Gasteiger partial charge in [0.05, 0.1) is 18.5 Å². The maximum absolute atomic E-state index is 12.5. The van der Waals surface area contributed by atoms with E-state index in [2.05, 4.69) is 4.98 Å². The number of fused-ring (bicyclic) bond motifs is 2. The van der Waals surface area contributed by atoms with Crippen molar-refractivity contribution in [1.82, 2.24) is 13.9 Å². The molecule has 0 aliphatic carbocycles. The molecule has 0 saturated carbocycles. The average molecular weight is 292 g/mol. The minimum Gasteiger partial charge on any atom is -0.372 e. The van der Waals surface area contributed by atoms with E-state index >= 15 is 0 Å². The highest BCUT2D eigenvalue weighted by molar-refractivity contribution is 7.89. The van der Waals surface area contributed by atoms with Gasteiger partial charge in [0.25, 0.3) is 10.0 Å². The second kappa shape index (κ2) is 4.19. The predicted molar refractivity (Wildman–Crippen MR) is 64.9 cm³/mol. The molecule has 0 spiro atoms. The number of sulfonamides is 1. The first kappa shape index (κ1) is 12.4. The molecule has 2 atom stereocenters. The number of nitrogens with zero attached hydrogens (tertiary/aromatic N) is 3. The van der Waals surface area contributed by atoms with Crippen LogP contribution in [0.15, 0.2) is 11.4 Å². The molecule has 2 bridgehead atoms. The largest absolute Gasteiger partial charge is 0.372 e. The molecular formula is C10H14ClN3O3S. The smallest absolute Gasteiger partial charge is 0.263 e.